The van der Waals surface area contributed by atoms with Gasteiger partial charge in [0.05, 0.1) is 18.7 Å². The first-order chi connectivity index (χ1) is 10.2. The van der Waals surface area contributed by atoms with Crippen molar-refractivity contribution in [1.82, 2.24) is 4.98 Å². The van der Waals surface area contributed by atoms with E-state index in [1.54, 1.807) is 12.1 Å². The van der Waals surface area contributed by atoms with Gasteiger partial charge in [-0.1, -0.05) is 0 Å². The van der Waals surface area contributed by atoms with Crippen LogP contribution in [-0.2, 0) is 0 Å². The zero-order valence-electron chi connectivity index (χ0n) is 11.7. The second-order valence-electron chi connectivity index (χ2n) is 4.79. The highest BCUT2D eigenvalue weighted by molar-refractivity contribution is 5.94. The number of halogens is 2. The minimum absolute atomic E-state index is 0.243. The minimum atomic E-state index is -2.61. The van der Waals surface area contributed by atoms with Gasteiger partial charge < -0.3 is 14.8 Å². The van der Waals surface area contributed by atoms with Gasteiger partial charge in [-0.2, -0.15) is 0 Å². The van der Waals surface area contributed by atoms with E-state index < -0.39 is 6.43 Å². The van der Waals surface area contributed by atoms with Gasteiger partial charge in [0, 0.05) is 30.1 Å². The lowest BCUT2D eigenvalue weighted by atomic mass is 10.1. The fourth-order valence-corrected chi connectivity index (χ4v) is 2.35. The lowest BCUT2D eigenvalue weighted by Gasteiger charge is -2.13. The Hall–Kier alpha value is -2.11. The third kappa shape index (κ3) is 2.70. The molecule has 0 unspecified atom stereocenters. The first-order valence-electron chi connectivity index (χ1n) is 6.95. The fourth-order valence-electron chi connectivity index (χ4n) is 2.35. The minimum Gasteiger partial charge on any atom is -0.490 e. The molecule has 0 bridgehead atoms. The van der Waals surface area contributed by atoms with Crippen LogP contribution in [0.4, 0.5) is 14.5 Å². The van der Waals surface area contributed by atoms with Crippen LogP contribution in [0.15, 0.2) is 18.2 Å². The smallest absolute Gasteiger partial charge is 0.280 e. The van der Waals surface area contributed by atoms with Gasteiger partial charge in [-0.25, -0.2) is 13.8 Å². The number of hydrogen-bond donors (Lipinski definition) is 1. The van der Waals surface area contributed by atoms with Gasteiger partial charge in [0.25, 0.3) is 6.43 Å². The van der Waals surface area contributed by atoms with Crippen LogP contribution in [-0.4, -0.2) is 24.7 Å². The molecule has 6 heteroatoms. The molecule has 0 radical (unpaired) electrons. The van der Waals surface area contributed by atoms with Crippen LogP contribution in [0.2, 0.25) is 0 Å². The Kier molecular flexibility index (Phi) is 3.77. The van der Waals surface area contributed by atoms with E-state index in [2.05, 4.69) is 10.3 Å². The van der Waals surface area contributed by atoms with Crippen molar-refractivity contribution in [3.8, 4) is 11.5 Å². The Morgan fingerprint density at radius 2 is 1.90 bits per heavy atom. The first-order valence-corrected chi connectivity index (χ1v) is 6.95. The average Bonchev–Trinajstić information content (AvgIpc) is 2.70. The number of anilines is 1. The van der Waals surface area contributed by atoms with E-state index in [1.807, 2.05) is 6.92 Å². The Morgan fingerprint density at radius 1 is 1.19 bits per heavy atom. The molecule has 0 fully saturated rings. The maximum Gasteiger partial charge on any atom is 0.280 e. The molecule has 0 spiro atoms. The quantitative estimate of drug-likeness (QED) is 0.936. The zero-order valence-corrected chi connectivity index (χ0v) is 11.7. The third-order valence-corrected chi connectivity index (χ3v) is 3.29. The standard InChI is InChI=1S/C15H16F2N2O2/c1-2-18-10-7-12(15(16)17)19-11-8-14-13(6-9(10)11)20-4-3-5-21-14/h6-8,15H,2-5H2,1H3,(H,18,19). The van der Waals surface area contributed by atoms with Crippen LogP contribution in [0, 0.1) is 0 Å². The summed E-state index contributed by atoms with van der Waals surface area (Å²) in [5.74, 6) is 1.19. The highest BCUT2D eigenvalue weighted by Crippen LogP contribution is 2.37. The molecule has 112 valence electrons. The normalized spacial score (nSPS) is 14.3. The van der Waals surface area contributed by atoms with Crippen molar-refractivity contribution in [3.63, 3.8) is 0 Å². The third-order valence-electron chi connectivity index (χ3n) is 3.29. The van der Waals surface area contributed by atoms with Crippen LogP contribution >= 0.6 is 0 Å². The topological polar surface area (TPSA) is 43.4 Å². The number of nitrogens with zero attached hydrogens (tertiary/aromatic N) is 1. The van der Waals surface area contributed by atoms with Crippen LogP contribution in [0.5, 0.6) is 11.5 Å². The van der Waals surface area contributed by atoms with Gasteiger partial charge in [0.1, 0.15) is 5.69 Å². The Labute approximate surface area is 121 Å². The fraction of sp³-hybridized carbons (Fsp3) is 0.400. The average molecular weight is 294 g/mol. The SMILES string of the molecule is CCNc1cc(C(F)F)nc2cc3c(cc12)OCCCO3. The summed E-state index contributed by atoms with van der Waals surface area (Å²) in [4.78, 5) is 4.03. The number of benzene rings is 1. The lowest BCUT2D eigenvalue weighted by molar-refractivity contribution is 0.146. The van der Waals surface area contributed by atoms with E-state index in [0.717, 1.165) is 11.8 Å². The Morgan fingerprint density at radius 3 is 2.57 bits per heavy atom. The molecular weight excluding hydrogens is 278 g/mol. The van der Waals surface area contributed by atoms with Gasteiger partial charge in [-0.3, -0.25) is 0 Å². The monoisotopic (exact) mass is 294 g/mol. The van der Waals surface area contributed by atoms with Gasteiger partial charge in [0.15, 0.2) is 11.5 Å². The molecule has 0 saturated carbocycles. The van der Waals surface area contributed by atoms with Crippen LogP contribution in [0.3, 0.4) is 0 Å². The lowest BCUT2D eigenvalue weighted by Crippen LogP contribution is -2.02. The highest BCUT2D eigenvalue weighted by atomic mass is 19.3. The van der Waals surface area contributed by atoms with E-state index in [0.29, 0.717) is 42.5 Å². The number of ether oxygens (including phenoxy) is 2. The molecule has 21 heavy (non-hydrogen) atoms. The highest BCUT2D eigenvalue weighted by Gasteiger charge is 2.17. The summed E-state index contributed by atoms with van der Waals surface area (Å²) in [6, 6.07) is 4.86. The van der Waals surface area contributed by atoms with Crippen molar-refractivity contribution >= 4 is 16.6 Å². The Bertz CT molecular complexity index is 662. The summed E-state index contributed by atoms with van der Waals surface area (Å²) < 4.78 is 37.2. The first kappa shape index (κ1) is 13.9. The molecule has 1 aromatic carbocycles. The molecule has 0 aliphatic carbocycles. The van der Waals surface area contributed by atoms with Crippen LogP contribution in [0.1, 0.15) is 25.5 Å². The summed E-state index contributed by atoms with van der Waals surface area (Å²) in [5.41, 5.74) is 0.870. The second kappa shape index (κ2) is 5.71. The molecule has 1 aromatic heterocycles. The maximum absolute atomic E-state index is 13.0. The molecule has 1 aliphatic rings. The number of aromatic nitrogens is 1. The number of fused-ring (bicyclic) bond motifs is 2. The van der Waals surface area contributed by atoms with Crippen LogP contribution < -0.4 is 14.8 Å². The van der Waals surface area contributed by atoms with E-state index >= 15 is 0 Å². The largest absolute Gasteiger partial charge is 0.490 e. The van der Waals surface area contributed by atoms with Gasteiger partial charge in [0.2, 0.25) is 0 Å². The van der Waals surface area contributed by atoms with Crippen molar-refractivity contribution in [1.29, 1.82) is 0 Å². The molecule has 0 atom stereocenters. The number of alkyl halides is 2. The molecule has 0 saturated heterocycles. The zero-order chi connectivity index (χ0) is 14.8. The molecular formula is C15H16F2N2O2. The summed E-state index contributed by atoms with van der Waals surface area (Å²) in [7, 11) is 0. The van der Waals surface area contributed by atoms with E-state index in [-0.39, 0.29) is 5.69 Å². The van der Waals surface area contributed by atoms with E-state index in [4.69, 9.17) is 9.47 Å². The van der Waals surface area contributed by atoms with Crippen molar-refractivity contribution in [2.75, 3.05) is 25.1 Å². The summed E-state index contributed by atoms with van der Waals surface area (Å²) in [5, 5.41) is 3.85. The number of hydrogen-bond acceptors (Lipinski definition) is 4. The predicted molar refractivity (Wildman–Crippen MR) is 76.5 cm³/mol. The van der Waals surface area contributed by atoms with Crippen molar-refractivity contribution < 1.29 is 18.3 Å². The van der Waals surface area contributed by atoms with Gasteiger partial charge in [-0.05, 0) is 19.1 Å². The maximum atomic E-state index is 13.0. The van der Waals surface area contributed by atoms with Crippen molar-refractivity contribution in [3.05, 3.63) is 23.9 Å². The number of nitrogens with one attached hydrogen (secondary N) is 1. The van der Waals surface area contributed by atoms with E-state index in [9.17, 15) is 8.78 Å². The summed E-state index contributed by atoms with van der Waals surface area (Å²) in [6.07, 6.45) is -1.82. The summed E-state index contributed by atoms with van der Waals surface area (Å²) in [6.45, 7) is 3.68. The molecule has 1 aliphatic heterocycles. The van der Waals surface area contributed by atoms with Crippen molar-refractivity contribution in [2.45, 2.75) is 19.8 Å². The van der Waals surface area contributed by atoms with Gasteiger partial charge >= 0.3 is 0 Å². The molecule has 4 nitrogen and oxygen atoms in total. The van der Waals surface area contributed by atoms with Crippen molar-refractivity contribution in [2.24, 2.45) is 0 Å². The second-order valence-corrected chi connectivity index (χ2v) is 4.79. The summed E-state index contributed by atoms with van der Waals surface area (Å²) >= 11 is 0. The molecule has 0 amide bonds. The van der Waals surface area contributed by atoms with Gasteiger partial charge in [-0.15, -0.1) is 0 Å². The number of rotatable bonds is 3. The molecule has 3 rings (SSSR count). The number of pyridine rings is 1. The molecule has 2 aromatic rings. The molecule has 2 heterocycles. The van der Waals surface area contributed by atoms with E-state index in [1.165, 1.54) is 6.07 Å². The van der Waals surface area contributed by atoms with Crippen LogP contribution in [0.25, 0.3) is 10.9 Å². The molecule has 1 N–H and O–H groups in total. The Balaban J connectivity index is 2.19. The predicted octanol–water partition coefficient (Wildman–Crippen LogP) is 3.77.